The molecule has 1 N–H and O–H groups in total. The molecule has 2 heterocycles. The van der Waals surface area contributed by atoms with Gasteiger partial charge in [0.15, 0.2) is 17.3 Å². The molecular formula is C20H23N3O4S. The zero-order chi connectivity index (χ0) is 19.9. The summed E-state index contributed by atoms with van der Waals surface area (Å²) in [7, 11) is 1.58. The van der Waals surface area contributed by atoms with Crippen LogP contribution in [0.15, 0.2) is 40.8 Å². The second-order valence-corrected chi connectivity index (χ2v) is 7.13. The summed E-state index contributed by atoms with van der Waals surface area (Å²) in [4.78, 5) is 12.4. The molecule has 0 bridgehead atoms. The summed E-state index contributed by atoms with van der Waals surface area (Å²) in [5.74, 6) is 1.97. The average molecular weight is 401 g/mol. The molecule has 0 atom stereocenters. The normalized spacial score (nSPS) is 10.9. The minimum atomic E-state index is -0.365. The van der Waals surface area contributed by atoms with E-state index in [1.807, 2.05) is 24.3 Å². The van der Waals surface area contributed by atoms with Crippen molar-refractivity contribution >= 4 is 22.4 Å². The lowest BCUT2D eigenvalue weighted by atomic mass is 10.1. The number of nitrogens with one attached hydrogen (secondary N) is 1. The Kier molecular flexibility index (Phi) is 6.65. The molecule has 0 aliphatic heterocycles. The molecule has 0 saturated carbocycles. The SMILES string of the molecule is CCC(CC)c1nnc(NC(=O)c2ccc(COc3ccccc3OC)o2)s1. The fourth-order valence-electron chi connectivity index (χ4n) is 2.71. The highest BCUT2D eigenvalue weighted by molar-refractivity contribution is 7.15. The van der Waals surface area contributed by atoms with Gasteiger partial charge in [0.2, 0.25) is 5.13 Å². The van der Waals surface area contributed by atoms with Gasteiger partial charge in [0.05, 0.1) is 7.11 Å². The molecule has 0 spiro atoms. The maximum atomic E-state index is 12.4. The van der Waals surface area contributed by atoms with Crippen LogP contribution in [0.2, 0.25) is 0 Å². The Morgan fingerprint density at radius 3 is 2.61 bits per heavy atom. The van der Waals surface area contributed by atoms with E-state index in [0.29, 0.717) is 28.3 Å². The van der Waals surface area contributed by atoms with E-state index in [1.165, 1.54) is 11.3 Å². The van der Waals surface area contributed by atoms with Crippen LogP contribution in [0.5, 0.6) is 11.5 Å². The van der Waals surface area contributed by atoms with E-state index < -0.39 is 0 Å². The molecule has 3 aromatic rings. The first-order valence-electron chi connectivity index (χ1n) is 9.13. The molecule has 28 heavy (non-hydrogen) atoms. The van der Waals surface area contributed by atoms with Crippen molar-refractivity contribution in [3.8, 4) is 11.5 Å². The third kappa shape index (κ3) is 4.69. The Hall–Kier alpha value is -2.87. The number of ether oxygens (including phenoxy) is 2. The quantitative estimate of drug-likeness (QED) is 0.550. The first-order chi connectivity index (χ1) is 13.6. The van der Waals surface area contributed by atoms with E-state index in [-0.39, 0.29) is 18.3 Å². The van der Waals surface area contributed by atoms with Crippen LogP contribution in [0.25, 0.3) is 0 Å². The van der Waals surface area contributed by atoms with E-state index in [2.05, 4.69) is 29.4 Å². The predicted octanol–water partition coefficient (Wildman–Crippen LogP) is 4.87. The first-order valence-corrected chi connectivity index (χ1v) is 9.95. The van der Waals surface area contributed by atoms with E-state index in [0.717, 1.165) is 17.8 Å². The molecule has 8 heteroatoms. The highest BCUT2D eigenvalue weighted by atomic mass is 32.1. The maximum absolute atomic E-state index is 12.4. The lowest BCUT2D eigenvalue weighted by molar-refractivity contribution is 0.0992. The Labute approximate surface area is 167 Å². The predicted molar refractivity (Wildman–Crippen MR) is 107 cm³/mol. The molecule has 0 radical (unpaired) electrons. The number of rotatable bonds is 9. The minimum absolute atomic E-state index is 0.186. The summed E-state index contributed by atoms with van der Waals surface area (Å²) < 4.78 is 16.5. The second-order valence-electron chi connectivity index (χ2n) is 6.12. The molecular weight excluding hydrogens is 378 g/mol. The lowest BCUT2D eigenvalue weighted by Gasteiger charge is -2.08. The minimum Gasteiger partial charge on any atom is -0.493 e. The van der Waals surface area contributed by atoms with Gasteiger partial charge in [-0.05, 0) is 37.1 Å². The van der Waals surface area contributed by atoms with Gasteiger partial charge in [-0.3, -0.25) is 10.1 Å². The van der Waals surface area contributed by atoms with Crippen molar-refractivity contribution < 1.29 is 18.7 Å². The summed E-state index contributed by atoms with van der Waals surface area (Å²) in [6.07, 6.45) is 1.99. The Morgan fingerprint density at radius 1 is 1.14 bits per heavy atom. The van der Waals surface area contributed by atoms with Crippen molar-refractivity contribution in [3.05, 3.63) is 52.9 Å². The van der Waals surface area contributed by atoms with Crippen LogP contribution in [-0.2, 0) is 6.61 Å². The number of carbonyl (C=O) groups excluding carboxylic acids is 1. The van der Waals surface area contributed by atoms with Gasteiger partial charge in [0.1, 0.15) is 17.4 Å². The monoisotopic (exact) mass is 401 g/mol. The summed E-state index contributed by atoms with van der Waals surface area (Å²) in [6.45, 7) is 4.42. The number of benzene rings is 1. The van der Waals surface area contributed by atoms with Gasteiger partial charge < -0.3 is 13.9 Å². The molecule has 1 aromatic carbocycles. The molecule has 3 rings (SSSR count). The molecule has 0 fully saturated rings. The third-order valence-corrected chi connectivity index (χ3v) is 5.32. The largest absolute Gasteiger partial charge is 0.493 e. The van der Waals surface area contributed by atoms with Gasteiger partial charge in [0.25, 0.3) is 5.91 Å². The summed E-state index contributed by atoms with van der Waals surface area (Å²) in [5, 5.41) is 12.4. The zero-order valence-corrected chi connectivity index (χ0v) is 16.9. The van der Waals surface area contributed by atoms with Crippen LogP contribution >= 0.6 is 11.3 Å². The van der Waals surface area contributed by atoms with Gasteiger partial charge in [-0.25, -0.2) is 0 Å². The number of amides is 1. The fourth-order valence-corrected chi connectivity index (χ4v) is 3.72. The fraction of sp³-hybridized carbons (Fsp3) is 0.350. The summed E-state index contributed by atoms with van der Waals surface area (Å²) in [5.41, 5.74) is 0. The Balaban J connectivity index is 1.59. The Morgan fingerprint density at radius 2 is 1.89 bits per heavy atom. The van der Waals surface area contributed by atoms with Crippen molar-refractivity contribution in [2.75, 3.05) is 12.4 Å². The number of furan rings is 1. The molecule has 0 saturated heterocycles. The number of aromatic nitrogens is 2. The van der Waals surface area contributed by atoms with E-state index in [9.17, 15) is 4.79 Å². The average Bonchev–Trinajstić information content (AvgIpc) is 3.37. The molecule has 7 nitrogen and oxygen atoms in total. The topological polar surface area (TPSA) is 86.5 Å². The number of carbonyl (C=O) groups is 1. The van der Waals surface area contributed by atoms with Gasteiger partial charge in [-0.15, -0.1) is 10.2 Å². The molecule has 2 aromatic heterocycles. The zero-order valence-electron chi connectivity index (χ0n) is 16.1. The van der Waals surface area contributed by atoms with Crippen LogP contribution < -0.4 is 14.8 Å². The molecule has 0 unspecified atom stereocenters. The molecule has 0 aliphatic carbocycles. The molecule has 0 aliphatic rings. The van der Waals surface area contributed by atoms with E-state index >= 15 is 0 Å². The van der Waals surface area contributed by atoms with Crippen molar-refractivity contribution in [1.29, 1.82) is 0 Å². The molecule has 1 amide bonds. The van der Waals surface area contributed by atoms with Crippen molar-refractivity contribution in [2.24, 2.45) is 0 Å². The van der Waals surface area contributed by atoms with Gasteiger partial charge in [-0.1, -0.05) is 37.3 Å². The number of nitrogens with zero attached hydrogens (tertiary/aromatic N) is 2. The lowest BCUT2D eigenvalue weighted by Crippen LogP contribution is -2.10. The number of methoxy groups -OCH3 is 1. The Bertz CT molecular complexity index is 918. The highest BCUT2D eigenvalue weighted by Gasteiger charge is 2.17. The van der Waals surface area contributed by atoms with Crippen LogP contribution in [-0.4, -0.2) is 23.2 Å². The summed E-state index contributed by atoms with van der Waals surface area (Å²) >= 11 is 1.40. The van der Waals surface area contributed by atoms with Crippen molar-refractivity contribution in [1.82, 2.24) is 10.2 Å². The van der Waals surface area contributed by atoms with Crippen molar-refractivity contribution in [2.45, 2.75) is 39.2 Å². The van der Waals surface area contributed by atoms with Crippen molar-refractivity contribution in [3.63, 3.8) is 0 Å². The third-order valence-electron chi connectivity index (χ3n) is 4.32. The number of anilines is 1. The first kappa shape index (κ1) is 19.9. The second kappa shape index (κ2) is 9.36. The summed E-state index contributed by atoms with van der Waals surface area (Å²) in [6, 6.07) is 10.7. The maximum Gasteiger partial charge on any atom is 0.293 e. The smallest absolute Gasteiger partial charge is 0.293 e. The number of hydrogen-bond donors (Lipinski definition) is 1. The van der Waals surface area contributed by atoms with E-state index in [4.69, 9.17) is 13.9 Å². The van der Waals surface area contributed by atoms with Gasteiger partial charge in [0, 0.05) is 5.92 Å². The van der Waals surface area contributed by atoms with Crippen LogP contribution in [0.3, 0.4) is 0 Å². The van der Waals surface area contributed by atoms with Crippen LogP contribution in [0, 0.1) is 0 Å². The molecule has 148 valence electrons. The van der Waals surface area contributed by atoms with Crippen LogP contribution in [0.1, 0.15) is 53.9 Å². The standard InChI is InChI=1S/C20H23N3O4S/c1-4-13(5-2)19-22-23-20(28-19)21-18(24)17-11-10-14(27-17)12-26-16-9-7-6-8-15(16)25-3/h6-11,13H,4-5,12H2,1-3H3,(H,21,23,24). The number of hydrogen-bond acceptors (Lipinski definition) is 7. The number of para-hydroxylation sites is 2. The van der Waals surface area contributed by atoms with Gasteiger partial charge in [-0.2, -0.15) is 0 Å². The van der Waals surface area contributed by atoms with Gasteiger partial charge >= 0.3 is 0 Å². The van der Waals surface area contributed by atoms with E-state index in [1.54, 1.807) is 19.2 Å². The highest BCUT2D eigenvalue weighted by Crippen LogP contribution is 2.29. The van der Waals surface area contributed by atoms with Crippen LogP contribution in [0.4, 0.5) is 5.13 Å².